The van der Waals surface area contributed by atoms with Crippen molar-refractivity contribution < 1.29 is 27.9 Å². The van der Waals surface area contributed by atoms with E-state index in [0.29, 0.717) is 24.8 Å². The molecule has 3 aromatic rings. The Morgan fingerprint density at radius 3 is 2.69 bits per heavy atom. The number of aromatic hydroxyl groups is 1. The summed E-state index contributed by atoms with van der Waals surface area (Å²) in [5, 5.41) is 12.3. The fourth-order valence-corrected chi connectivity index (χ4v) is 4.96. The summed E-state index contributed by atoms with van der Waals surface area (Å²) in [6.07, 6.45) is 2.88. The van der Waals surface area contributed by atoms with E-state index in [2.05, 4.69) is 5.32 Å². The molecule has 2 aliphatic rings. The van der Waals surface area contributed by atoms with Crippen LogP contribution in [-0.2, 0) is 13.0 Å². The lowest BCUT2D eigenvalue weighted by atomic mass is 9.95. The highest BCUT2D eigenvalue weighted by Gasteiger charge is 2.38. The number of amides is 2. The van der Waals surface area contributed by atoms with E-state index in [1.807, 2.05) is 0 Å². The molecule has 5 rings (SSSR count). The number of aromatic nitrogens is 1. The van der Waals surface area contributed by atoms with Gasteiger partial charge in [-0.1, -0.05) is 29.8 Å². The molecule has 186 valence electrons. The minimum absolute atomic E-state index is 0.0857. The summed E-state index contributed by atoms with van der Waals surface area (Å²) < 4.78 is 43.7. The van der Waals surface area contributed by atoms with Crippen LogP contribution in [0.3, 0.4) is 0 Å². The highest BCUT2D eigenvalue weighted by molar-refractivity contribution is 6.31. The number of rotatable bonds is 3. The Hall–Kier alpha value is -3.79. The van der Waals surface area contributed by atoms with Gasteiger partial charge in [-0.3, -0.25) is 14.4 Å². The number of pyridine rings is 1. The van der Waals surface area contributed by atoms with Crippen molar-refractivity contribution in [2.45, 2.75) is 31.8 Å². The van der Waals surface area contributed by atoms with E-state index in [-0.39, 0.29) is 23.5 Å². The minimum Gasteiger partial charge on any atom is -0.503 e. The molecule has 1 aromatic heterocycles. The summed E-state index contributed by atoms with van der Waals surface area (Å²) in [4.78, 5) is 40.2. The van der Waals surface area contributed by atoms with Crippen molar-refractivity contribution in [3.63, 3.8) is 0 Å². The first-order valence-corrected chi connectivity index (χ1v) is 11.5. The molecule has 0 radical (unpaired) electrons. The van der Waals surface area contributed by atoms with Crippen LogP contribution in [0.4, 0.5) is 18.9 Å². The van der Waals surface area contributed by atoms with Crippen molar-refractivity contribution in [3.05, 3.63) is 91.6 Å². The molecule has 2 amide bonds. The zero-order valence-corrected chi connectivity index (χ0v) is 19.4. The Morgan fingerprint density at radius 2 is 1.92 bits per heavy atom. The fraction of sp³-hybridized carbons (Fsp3) is 0.240. The summed E-state index contributed by atoms with van der Waals surface area (Å²) in [6.45, 7) is -0.318. The van der Waals surface area contributed by atoms with Gasteiger partial charge < -0.3 is 19.9 Å². The average Bonchev–Trinajstić information content (AvgIpc) is 2.84. The van der Waals surface area contributed by atoms with Gasteiger partial charge in [-0.15, -0.1) is 0 Å². The Kier molecular flexibility index (Phi) is 5.99. The normalized spacial score (nSPS) is 16.6. The molecule has 0 spiro atoms. The summed E-state index contributed by atoms with van der Waals surface area (Å²) in [6, 6.07) is 6.16. The number of fused-ring (bicyclic) bond motifs is 6. The van der Waals surface area contributed by atoms with Gasteiger partial charge in [0.05, 0.1) is 11.7 Å². The van der Waals surface area contributed by atoms with E-state index >= 15 is 0 Å². The topological polar surface area (TPSA) is 91.6 Å². The van der Waals surface area contributed by atoms with Crippen LogP contribution < -0.4 is 15.6 Å². The number of nitrogens with one attached hydrogen (secondary N) is 1. The van der Waals surface area contributed by atoms with Crippen LogP contribution in [0.2, 0.25) is 5.02 Å². The van der Waals surface area contributed by atoms with Crippen LogP contribution in [0.15, 0.2) is 41.3 Å². The second kappa shape index (κ2) is 9.02. The maximum Gasteiger partial charge on any atom is 0.279 e. The van der Waals surface area contributed by atoms with Crippen molar-refractivity contribution in [2.75, 3.05) is 11.4 Å². The average molecular weight is 518 g/mol. The van der Waals surface area contributed by atoms with Gasteiger partial charge in [0.15, 0.2) is 11.4 Å². The molecular weight excluding hydrogens is 499 g/mol. The van der Waals surface area contributed by atoms with Crippen molar-refractivity contribution >= 4 is 29.1 Å². The van der Waals surface area contributed by atoms with Crippen molar-refractivity contribution in [2.24, 2.45) is 0 Å². The van der Waals surface area contributed by atoms with Gasteiger partial charge in [-0.25, -0.2) is 13.2 Å². The summed E-state index contributed by atoms with van der Waals surface area (Å²) in [5.41, 5.74) is -1.23. The molecule has 11 heteroatoms. The third-order valence-corrected chi connectivity index (χ3v) is 6.91. The first kappa shape index (κ1) is 23.9. The van der Waals surface area contributed by atoms with Gasteiger partial charge in [-0.2, -0.15) is 0 Å². The Morgan fingerprint density at radius 1 is 1.14 bits per heavy atom. The number of benzene rings is 2. The summed E-state index contributed by atoms with van der Waals surface area (Å²) >= 11 is 5.56. The molecule has 2 N–H and O–H groups in total. The highest BCUT2D eigenvalue weighted by Crippen LogP contribution is 2.37. The number of hydrogen-bond acceptors (Lipinski definition) is 4. The molecule has 36 heavy (non-hydrogen) atoms. The minimum atomic E-state index is -1.10. The van der Waals surface area contributed by atoms with Crippen molar-refractivity contribution in [3.8, 4) is 5.75 Å². The zero-order chi connectivity index (χ0) is 25.7. The van der Waals surface area contributed by atoms with E-state index in [0.717, 1.165) is 12.1 Å². The first-order valence-electron chi connectivity index (χ1n) is 11.2. The Balaban J connectivity index is 1.51. The summed E-state index contributed by atoms with van der Waals surface area (Å²) in [5.74, 6) is -5.21. The van der Waals surface area contributed by atoms with E-state index < -0.39 is 63.6 Å². The van der Waals surface area contributed by atoms with E-state index in [1.165, 1.54) is 21.7 Å². The molecule has 2 aromatic carbocycles. The molecular formula is C25H19ClF3N3O4. The van der Waals surface area contributed by atoms with Crippen molar-refractivity contribution in [1.29, 1.82) is 0 Å². The van der Waals surface area contributed by atoms with Gasteiger partial charge in [0.1, 0.15) is 28.0 Å². The Bertz CT molecular complexity index is 1490. The standard InChI is InChI=1S/C25H19ClF3N3O4/c26-18-16(27)8-7-13(19(18)29)9-30-24(35)15-11-31-14-5-1-3-12-4-2-6-17(28)20(12)32(10-14)25(36)21(31)23(34)22(15)33/h2,4,6-8,11,14,34H,1,3,5,9-10H2,(H,30,35)/t14-/m1/s1. The van der Waals surface area contributed by atoms with Crippen molar-refractivity contribution in [1.82, 2.24) is 9.88 Å². The van der Waals surface area contributed by atoms with E-state index in [4.69, 9.17) is 11.6 Å². The van der Waals surface area contributed by atoms with E-state index in [9.17, 15) is 32.7 Å². The number of nitrogens with zero attached hydrogens (tertiary/aromatic N) is 2. The van der Waals surface area contributed by atoms with Crippen LogP contribution in [0.25, 0.3) is 0 Å². The molecule has 0 unspecified atom stereocenters. The second-order valence-corrected chi connectivity index (χ2v) is 9.08. The lowest BCUT2D eigenvalue weighted by molar-refractivity contribution is 0.0926. The predicted octanol–water partition coefficient (Wildman–Crippen LogP) is 4.09. The molecule has 2 aliphatic heterocycles. The third kappa shape index (κ3) is 3.81. The number of halogens is 4. The van der Waals surface area contributed by atoms with Crippen LogP contribution in [0, 0.1) is 17.5 Å². The Labute approximate surface area is 207 Å². The molecule has 3 heterocycles. The van der Waals surface area contributed by atoms with Gasteiger partial charge in [-0.05, 0) is 37.0 Å². The lowest BCUT2D eigenvalue weighted by Gasteiger charge is -2.39. The molecule has 0 fully saturated rings. The maximum absolute atomic E-state index is 14.7. The number of carbonyl (C=O) groups excluding carboxylic acids is 2. The van der Waals surface area contributed by atoms with Gasteiger partial charge in [0.2, 0.25) is 5.43 Å². The van der Waals surface area contributed by atoms with Crippen LogP contribution in [0.1, 0.15) is 50.9 Å². The van der Waals surface area contributed by atoms with Crippen LogP contribution in [0.5, 0.6) is 5.75 Å². The summed E-state index contributed by atoms with van der Waals surface area (Å²) in [7, 11) is 0. The molecule has 0 saturated carbocycles. The van der Waals surface area contributed by atoms with Gasteiger partial charge >= 0.3 is 0 Å². The van der Waals surface area contributed by atoms with Crippen LogP contribution in [-0.4, -0.2) is 28.0 Å². The second-order valence-electron chi connectivity index (χ2n) is 8.70. The van der Waals surface area contributed by atoms with Gasteiger partial charge in [0, 0.05) is 24.8 Å². The van der Waals surface area contributed by atoms with Gasteiger partial charge in [0.25, 0.3) is 11.8 Å². The van der Waals surface area contributed by atoms with E-state index in [1.54, 1.807) is 12.1 Å². The smallest absolute Gasteiger partial charge is 0.279 e. The fourth-order valence-electron chi connectivity index (χ4n) is 4.78. The molecule has 7 nitrogen and oxygen atoms in total. The number of aryl methyl sites for hydroxylation is 1. The SMILES string of the molecule is O=C(NCc1ccc(F)c(Cl)c1F)c1cn2c(c(O)c1=O)C(=O)N1C[C@H]2CCCc2cccc(F)c21. The lowest BCUT2D eigenvalue weighted by Crippen LogP contribution is -2.46. The number of hydrogen-bond donors (Lipinski definition) is 2. The zero-order valence-electron chi connectivity index (χ0n) is 18.7. The highest BCUT2D eigenvalue weighted by atomic mass is 35.5. The molecule has 0 aliphatic carbocycles. The molecule has 1 atom stereocenters. The number of para-hydroxylation sites is 1. The first-order chi connectivity index (χ1) is 17.2. The largest absolute Gasteiger partial charge is 0.503 e. The number of anilines is 1. The van der Waals surface area contributed by atoms with Crippen LogP contribution >= 0.6 is 11.6 Å². The maximum atomic E-state index is 14.7. The quantitative estimate of drug-likeness (QED) is 0.512. The molecule has 2 bridgehead atoms. The predicted molar refractivity (Wildman–Crippen MR) is 125 cm³/mol. The number of carbonyl (C=O) groups is 2. The third-order valence-electron chi connectivity index (χ3n) is 6.57. The molecule has 0 saturated heterocycles. The monoisotopic (exact) mass is 517 g/mol.